The van der Waals surface area contributed by atoms with Crippen molar-refractivity contribution in [3.63, 3.8) is 0 Å². The molecule has 4 rings (SSSR count). The minimum absolute atomic E-state index is 0.121. The summed E-state index contributed by atoms with van der Waals surface area (Å²) in [6.07, 6.45) is -5.24. The fourth-order valence-electron chi connectivity index (χ4n) is 9.95. The molecule has 4 aliphatic heterocycles. The van der Waals surface area contributed by atoms with Crippen molar-refractivity contribution >= 4 is 11.9 Å². The Morgan fingerprint density at radius 1 is 0.615 bits per heavy atom. The van der Waals surface area contributed by atoms with E-state index in [0.29, 0.717) is 0 Å². The van der Waals surface area contributed by atoms with Crippen molar-refractivity contribution in [2.75, 3.05) is 27.3 Å². The first-order valence-electron chi connectivity index (χ1n) is 26.6. The number of carbonyl (C=O) groups excluding carboxylic acids is 2. The topological polar surface area (TPSA) is 376 Å². The fraction of sp³-hybridized carbons (Fsp3) is 0.709. The molecule has 0 radical (unpaired) electrons. The Hall–Kier alpha value is -3.64. The van der Waals surface area contributed by atoms with Crippen molar-refractivity contribution in [1.82, 2.24) is 4.90 Å². The molecule has 0 aliphatic carbocycles. The Morgan fingerprint density at radius 2 is 1.21 bits per heavy atom. The van der Waals surface area contributed by atoms with Crippen LogP contribution in [0.2, 0.25) is 0 Å². The molecular formula is C55H87NO22. The summed E-state index contributed by atoms with van der Waals surface area (Å²) in [5.74, 6) is -6.49. The zero-order valence-corrected chi connectivity index (χ0v) is 45.2. The average molecular weight is 1110 g/mol. The number of hydrogen-bond donors (Lipinski definition) is 14. The lowest BCUT2D eigenvalue weighted by Gasteiger charge is -2.49. The molecular weight excluding hydrogens is 1030 g/mol. The Bertz CT molecular complexity index is 2030. The summed E-state index contributed by atoms with van der Waals surface area (Å²) in [7, 11) is 2.46. The van der Waals surface area contributed by atoms with E-state index in [1.54, 1.807) is 86.8 Å². The molecule has 0 spiro atoms. The molecule has 0 aromatic rings. The fourth-order valence-corrected chi connectivity index (χ4v) is 9.95. The van der Waals surface area contributed by atoms with Crippen molar-refractivity contribution < 1.29 is 110 Å². The van der Waals surface area contributed by atoms with Gasteiger partial charge in [0.05, 0.1) is 106 Å². The van der Waals surface area contributed by atoms with Gasteiger partial charge in [0.15, 0.2) is 6.29 Å². The molecule has 0 amide bonds. The number of cyclic esters (lactones) is 1. The molecule has 0 aromatic heterocycles. The van der Waals surface area contributed by atoms with E-state index in [1.807, 2.05) is 13.0 Å². The van der Waals surface area contributed by atoms with Gasteiger partial charge < -0.3 is 99.9 Å². The van der Waals surface area contributed by atoms with Gasteiger partial charge in [0.25, 0.3) is 0 Å². The van der Waals surface area contributed by atoms with Crippen LogP contribution in [0.25, 0.3) is 0 Å². The molecule has 444 valence electrons. The predicted molar refractivity (Wildman–Crippen MR) is 279 cm³/mol. The third kappa shape index (κ3) is 19.5. The van der Waals surface area contributed by atoms with Crippen molar-refractivity contribution in [3.8, 4) is 0 Å². The predicted octanol–water partition coefficient (Wildman–Crippen LogP) is -1.77. The summed E-state index contributed by atoms with van der Waals surface area (Å²) in [5, 5.41) is 153. The molecule has 23 heteroatoms. The number of carbonyl (C=O) groups is 2. The smallest absolute Gasteiger partial charge is 0.314 e. The monoisotopic (exact) mass is 1110 g/mol. The first-order valence-corrected chi connectivity index (χ1v) is 26.6. The molecule has 24 atom stereocenters. The molecule has 4 heterocycles. The second kappa shape index (κ2) is 32.1. The Morgan fingerprint density at radius 3 is 1.81 bits per heavy atom. The summed E-state index contributed by atoms with van der Waals surface area (Å²) in [6.45, 7) is 5.56. The maximum atomic E-state index is 13.3. The maximum absolute atomic E-state index is 13.3. The van der Waals surface area contributed by atoms with E-state index in [1.165, 1.54) is 24.9 Å². The number of aliphatic hydroxyl groups excluding tert-OH is 13. The van der Waals surface area contributed by atoms with E-state index in [9.17, 15) is 81.1 Å². The van der Waals surface area contributed by atoms with Crippen LogP contribution in [0.4, 0.5) is 0 Å². The second-order valence-electron chi connectivity index (χ2n) is 21.1. The van der Waals surface area contributed by atoms with Gasteiger partial charge >= 0.3 is 11.9 Å². The Labute approximate surface area is 455 Å². The van der Waals surface area contributed by atoms with E-state index >= 15 is 0 Å². The van der Waals surface area contributed by atoms with Crippen molar-refractivity contribution in [1.29, 1.82) is 0 Å². The normalized spacial score (nSPS) is 43.0. The quantitative estimate of drug-likeness (QED) is 0.131. The Kier molecular flexibility index (Phi) is 27.5. The SMILES string of the molecule is COC(=O)C1C2CC(OC3OC(C)C(O)C(N(C)CC4(O)OCC(O)C(O)C4O)C3O)C=CC=CC=CC=CC=CC=CC=CC(C)C(O)C(C)C(C)OC(=O)CC(O)CC(O)CCC(O)C(O)CC(O)CC(O2)C(O)C1O. The second-order valence-corrected chi connectivity index (χ2v) is 21.1. The van der Waals surface area contributed by atoms with Gasteiger partial charge in [0.1, 0.15) is 42.5 Å². The molecule has 14 N–H and O–H groups in total. The lowest BCUT2D eigenvalue weighted by molar-refractivity contribution is -0.334. The lowest BCUT2D eigenvalue weighted by Crippen LogP contribution is -2.69. The minimum Gasteiger partial charge on any atom is -0.469 e. The van der Waals surface area contributed by atoms with Crippen molar-refractivity contribution in [3.05, 3.63) is 85.1 Å². The van der Waals surface area contributed by atoms with Crippen LogP contribution in [0.3, 0.4) is 0 Å². The minimum atomic E-state index is -2.45. The number of likely N-dealkylation sites (N-methyl/N-ethyl adjacent to an activating group) is 1. The van der Waals surface area contributed by atoms with Crippen LogP contribution in [0.1, 0.15) is 72.6 Å². The van der Waals surface area contributed by atoms with Gasteiger partial charge in [0.2, 0.25) is 5.79 Å². The van der Waals surface area contributed by atoms with Gasteiger partial charge in [-0.15, -0.1) is 0 Å². The molecule has 3 saturated heterocycles. The number of methoxy groups -OCH3 is 1. The van der Waals surface area contributed by atoms with Gasteiger partial charge in [-0.3, -0.25) is 14.5 Å². The molecule has 78 heavy (non-hydrogen) atoms. The lowest BCUT2D eigenvalue weighted by atomic mass is 9.82. The van der Waals surface area contributed by atoms with Crippen LogP contribution in [0.5, 0.6) is 0 Å². The van der Waals surface area contributed by atoms with Crippen LogP contribution >= 0.6 is 0 Å². The van der Waals surface area contributed by atoms with Gasteiger partial charge in [-0.05, 0) is 40.2 Å². The van der Waals surface area contributed by atoms with E-state index < -0.39 is 184 Å². The molecule has 0 aromatic carbocycles. The third-order valence-electron chi connectivity index (χ3n) is 14.9. The van der Waals surface area contributed by atoms with Gasteiger partial charge in [-0.25, -0.2) is 0 Å². The summed E-state index contributed by atoms with van der Waals surface area (Å²) in [6, 6.07) is -1.28. The standard InChI is InChI=1S/C55H87NO22/c1-30-19-17-15-13-11-9-7-8-10-12-14-16-18-20-37(77-54-51(69)45(47(65)33(4)76-54)56(5)29-55(72)52(70)48(66)40(62)28-74-55)27-41-44(53(71)73-6)50(68)49(67)42(78-41)25-36(59)24-39(61)38(60)22-21-34(57)23-35(58)26-43(63)75-32(3)31(2)46(30)64/h7-20,30-42,44-52,54,57-62,64-70,72H,21-29H2,1-6H3. The summed E-state index contributed by atoms with van der Waals surface area (Å²) >= 11 is 0. The van der Waals surface area contributed by atoms with Gasteiger partial charge in [-0.1, -0.05) is 98.9 Å². The van der Waals surface area contributed by atoms with E-state index in [4.69, 9.17) is 28.4 Å². The first kappa shape index (κ1) is 66.9. The summed E-state index contributed by atoms with van der Waals surface area (Å²) in [4.78, 5) is 27.3. The number of rotatable bonds is 6. The highest BCUT2D eigenvalue weighted by molar-refractivity contribution is 5.74. The number of fused-ring (bicyclic) bond motifs is 2. The zero-order chi connectivity index (χ0) is 58.0. The van der Waals surface area contributed by atoms with Crippen LogP contribution < -0.4 is 0 Å². The van der Waals surface area contributed by atoms with Crippen LogP contribution in [0, 0.1) is 17.8 Å². The molecule has 24 unspecified atom stereocenters. The molecule has 2 bridgehead atoms. The molecule has 0 saturated carbocycles. The van der Waals surface area contributed by atoms with E-state index in [-0.39, 0.29) is 31.6 Å². The highest BCUT2D eigenvalue weighted by Gasteiger charge is 2.54. The number of nitrogens with zero attached hydrogens (tertiary/aromatic N) is 1. The van der Waals surface area contributed by atoms with Crippen LogP contribution in [-0.4, -0.2) is 244 Å². The zero-order valence-electron chi connectivity index (χ0n) is 45.2. The largest absolute Gasteiger partial charge is 0.469 e. The highest BCUT2D eigenvalue weighted by Crippen LogP contribution is 2.36. The average Bonchev–Trinajstić information content (AvgIpc) is 3.38. The van der Waals surface area contributed by atoms with Crippen molar-refractivity contribution in [2.24, 2.45) is 17.8 Å². The number of aliphatic hydroxyl groups is 14. The first-order chi connectivity index (χ1) is 36.8. The van der Waals surface area contributed by atoms with E-state index in [0.717, 1.165) is 7.11 Å². The van der Waals surface area contributed by atoms with Gasteiger partial charge in [-0.2, -0.15) is 0 Å². The molecule has 23 nitrogen and oxygen atoms in total. The maximum Gasteiger partial charge on any atom is 0.314 e. The van der Waals surface area contributed by atoms with Crippen LogP contribution in [0.15, 0.2) is 85.1 Å². The highest BCUT2D eigenvalue weighted by atomic mass is 16.7. The van der Waals surface area contributed by atoms with E-state index in [2.05, 4.69) is 0 Å². The molecule has 3 fully saturated rings. The number of ether oxygens (including phenoxy) is 6. The van der Waals surface area contributed by atoms with Crippen LogP contribution in [-0.2, 0) is 38.0 Å². The van der Waals surface area contributed by atoms with Crippen molar-refractivity contribution in [2.45, 2.75) is 201 Å². The number of allylic oxidation sites excluding steroid dienone is 12. The number of esters is 2. The Balaban J connectivity index is 1.62. The number of hydrogen-bond acceptors (Lipinski definition) is 23. The summed E-state index contributed by atoms with van der Waals surface area (Å²) in [5.41, 5.74) is 0. The molecule has 4 aliphatic rings. The summed E-state index contributed by atoms with van der Waals surface area (Å²) < 4.78 is 34.4. The third-order valence-corrected chi connectivity index (χ3v) is 14.9. The van der Waals surface area contributed by atoms with Gasteiger partial charge in [0, 0.05) is 31.1 Å².